The third kappa shape index (κ3) is 9.00. The lowest BCUT2D eigenvalue weighted by atomic mass is 9.91. The van der Waals surface area contributed by atoms with E-state index in [0.717, 1.165) is 11.8 Å². The van der Waals surface area contributed by atoms with Crippen LogP contribution in [0.3, 0.4) is 0 Å². The lowest BCUT2D eigenvalue weighted by Crippen LogP contribution is -2.00. The Hall–Kier alpha value is -0.0400. The SMILES string of the molecule is CCCCCCCCC1(CCCCCCCCO)CC1. The number of aliphatic hydroxyl groups excluding tert-OH is 1. The second kappa shape index (κ2) is 11.6. The molecule has 1 heteroatoms. The fourth-order valence-electron chi connectivity index (χ4n) is 3.40. The molecule has 1 aliphatic carbocycles. The highest BCUT2D eigenvalue weighted by atomic mass is 16.2. The van der Waals surface area contributed by atoms with Gasteiger partial charge in [0.1, 0.15) is 0 Å². The van der Waals surface area contributed by atoms with Crippen LogP contribution in [0.5, 0.6) is 0 Å². The first-order chi connectivity index (χ1) is 9.83. The van der Waals surface area contributed by atoms with Gasteiger partial charge in [0.15, 0.2) is 0 Å². The molecule has 1 nitrogen and oxygen atoms in total. The van der Waals surface area contributed by atoms with E-state index in [1.807, 2.05) is 0 Å². The Bertz CT molecular complexity index is 208. The molecule has 0 saturated heterocycles. The molecule has 120 valence electrons. The van der Waals surface area contributed by atoms with Crippen LogP contribution < -0.4 is 0 Å². The Morgan fingerprint density at radius 2 is 1.10 bits per heavy atom. The molecule has 0 bridgehead atoms. The second-order valence-corrected chi connectivity index (χ2v) is 7.11. The number of hydrogen-bond donors (Lipinski definition) is 1. The molecular weight excluding hydrogens is 244 g/mol. The Kier molecular flexibility index (Phi) is 10.4. The van der Waals surface area contributed by atoms with Crippen molar-refractivity contribution in [1.82, 2.24) is 0 Å². The Balaban J connectivity index is 1.87. The number of unbranched alkanes of at least 4 members (excludes halogenated alkanes) is 10. The van der Waals surface area contributed by atoms with Crippen LogP contribution in [0.25, 0.3) is 0 Å². The topological polar surface area (TPSA) is 20.2 Å². The predicted molar refractivity (Wildman–Crippen MR) is 89.1 cm³/mol. The van der Waals surface area contributed by atoms with Gasteiger partial charge in [-0.3, -0.25) is 0 Å². The molecule has 0 unspecified atom stereocenters. The van der Waals surface area contributed by atoms with E-state index in [0.29, 0.717) is 6.61 Å². The lowest BCUT2D eigenvalue weighted by Gasteiger charge is -2.14. The Labute approximate surface area is 127 Å². The van der Waals surface area contributed by atoms with Crippen LogP contribution in [0.1, 0.15) is 110 Å². The minimum atomic E-state index is 0.376. The summed E-state index contributed by atoms with van der Waals surface area (Å²) in [5.74, 6) is 0. The summed E-state index contributed by atoms with van der Waals surface area (Å²) in [6, 6.07) is 0. The van der Waals surface area contributed by atoms with Crippen molar-refractivity contribution >= 4 is 0 Å². The van der Waals surface area contributed by atoms with Crippen molar-refractivity contribution in [3.05, 3.63) is 0 Å². The van der Waals surface area contributed by atoms with Gasteiger partial charge in [0.05, 0.1) is 0 Å². The zero-order valence-electron chi connectivity index (χ0n) is 14.0. The van der Waals surface area contributed by atoms with Gasteiger partial charge < -0.3 is 5.11 Å². The summed E-state index contributed by atoms with van der Waals surface area (Å²) in [6.07, 6.45) is 22.5. The molecule has 0 aromatic rings. The van der Waals surface area contributed by atoms with Crippen LogP contribution in [0.2, 0.25) is 0 Å². The third-order valence-corrected chi connectivity index (χ3v) is 5.13. The van der Waals surface area contributed by atoms with Gasteiger partial charge in [-0.2, -0.15) is 0 Å². The number of hydrogen-bond acceptors (Lipinski definition) is 1. The predicted octanol–water partition coefficient (Wildman–Crippen LogP) is 6.24. The van der Waals surface area contributed by atoms with E-state index < -0.39 is 0 Å². The maximum atomic E-state index is 8.73. The molecular formula is C19H38O. The first-order valence-electron chi connectivity index (χ1n) is 9.44. The van der Waals surface area contributed by atoms with Gasteiger partial charge in [-0.15, -0.1) is 0 Å². The summed E-state index contributed by atoms with van der Waals surface area (Å²) in [4.78, 5) is 0. The van der Waals surface area contributed by atoms with Gasteiger partial charge in [-0.25, -0.2) is 0 Å². The molecule has 1 N–H and O–H groups in total. The Morgan fingerprint density at radius 1 is 0.650 bits per heavy atom. The second-order valence-electron chi connectivity index (χ2n) is 7.11. The molecule has 0 atom stereocenters. The van der Waals surface area contributed by atoms with Crippen molar-refractivity contribution < 1.29 is 5.11 Å². The first-order valence-corrected chi connectivity index (χ1v) is 9.44. The van der Waals surface area contributed by atoms with E-state index in [9.17, 15) is 0 Å². The monoisotopic (exact) mass is 282 g/mol. The van der Waals surface area contributed by atoms with Crippen molar-refractivity contribution in [2.45, 2.75) is 110 Å². The highest BCUT2D eigenvalue weighted by molar-refractivity contribution is 4.92. The van der Waals surface area contributed by atoms with E-state index in [1.165, 1.54) is 96.3 Å². The fourth-order valence-corrected chi connectivity index (χ4v) is 3.40. The summed E-state index contributed by atoms with van der Waals surface area (Å²) < 4.78 is 0. The van der Waals surface area contributed by atoms with Gasteiger partial charge in [0.25, 0.3) is 0 Å². The average Bonchev–Trinajstić information content (AvgIpc) is 3.22. The largest absolute Gasteiger partial charge is 0.396 e. The maximum Gasteiger partial charge on any atom is 0.0431 e. The summed E-state index contributed by atoms with van der Waals surface area (Å²) in [5.41, 5.74) is 0.801. The molecule has 20 heavy (non-hydrogen) atoms. The van der Waals surface area contributed by atoms with Crippen LogP contribution in [0.15, 0.2) is 0 Å². The molecule has 0 aliphatic heterocycles. The van der Waals surface area contributed by atoms with Gasteiger partial charge in [0.2, 0.25) is 0 Å². The minimum Gasteiger partial charge on any atom is -0.396 e. The molecule has 0 aromatic heterocycles. The highest BCUT2D eigenvalue weighted by Gasteiger charge is 2.40. The van der Waals surface area contributed by atoms with Crippen molar-refractivity contribution in [3.8, 4) is 0 Å². The minimum absolute atomic E-state index is 0.376. The maximum absolute atomic E-state index is 8.73. The molecule has 0 spiro atoms. The number of rotatable bonds is 15. The summed E-state index contributed by atoms with van der Waals surface area (Å²) in [7, 11) is 0. The van der Waals surface area contributed by atoms with E-state index in [-0.39, 0.29) is 0 Å². The quantitative estimate of drug-likeness (QED) is 0.352. The standard InChI is InChI=1S/C19H38O/c1-2-3-4-5-8-11-14-19(16-17-19)15-12-9-6-7-10-13-18-20/h20H,2-18H2,1H3. The molecule has 0 heterocycles. The van der Waals surface area contributed by atoms with Crippen LogP contribution in [-0.4, -0.2) is 11.7 Å². The van der Waals surface area contributed by atoms with Crippen LogP contribution in [0, 0.1) is 5.41 Å². The summed E-state index contributed by atoms with van der Waals surface area (Å²) in [6.45, 7) is 2.67. The Morgan fingerprint density at radius 3 is 1.55 bits per heavy atom. The van der Waals surface area contributed by atoms with Crippen molar-refractivity contribution in [2.75, 3.05) is 6.61 Å². The van der Waals surface area contributed by atoms with Gasteiger partial charge in [-0.1, -0.05) is 77.6 Å². The zero-order chi connectivity index (χ0) is 14.5. The van der Waals surface area contributed by atoms with E-state index in [4.69, 9.17) is 5.11 Å². The first kappa shape index (κ1) is 18.0. The molecule has 0 aromatic carbocycles. The average molecular weight is 283 g/mol. The van der Waals surface area contributed by atoms with Crippen LogP contribution >= 0.6 is 0 Å². The van der Waals surface area contributed by atoms with E-state index in [2.05, 4.69) is 6.92 Å². The van der Waals surface area contributed by atoms with E-state index in [1.54, 1.807) is 0 Å². The normalized spacial score (nSPS) is 16.5. The lowest BCUT2D eigenvalue weighted by molar-refractivity contribution is 0.282. The van der Waals surface area contributed by atoms with Gasteiger partial charge >= 0.3 is 0 Å². The molecule has 1 rings (SSSR count). The molecule has 0 amide bonds. The summed E-state index contributed by atoms with van der Waals surface area (Å²) in [5, 5.41) is 8.73. The highest BCUT2D eigenvalue weighted by Crippen LogP contribution is 2.53. The summed E-state index contributed by atoms with van der Waals surface area (Å²) >= 11 is 0. The smallest absolute Gasteiger partial charge is 0.0431 e. The molecule has 1 fully saturated rings. The molecule has 0 radical (unpaired) electrons. The van der Waals surface area contributed by atoms with Crippen LogP contribution in [0.4, 0.5) is 0 Å². The van der Waals surface area contributed by atoms with Gasteiger partial charge in [0, 0.05) is 6.61 Å². The molecule has 1 saturated carbocycles. The third-order valence-electron chi connectivity index (χ3n) is 5.13. The number of aliphatic hydroxyl groups is 1. The van der Waals surface area contributed by atoms with Crippen molar-refractivity contribution in [3.63, 3.8) is 0 Å². The molecule has 1 aliphatic rings. The van der Waals surface area contributed by atoms with Crippen LogP contribution in [-0.2, 0) is 0 Å². The van der Waals surface area contributed by atoms with Crippen molar-refractivity contribution in [2.24, 2.45) is 5.41 Å². The van der Waals surface area contributed by atoms with Crippen molar-refractivity contribution in [1.29, 1.82) is 0 Å². The fraction of sp³-hybridized carbons (Fsp3) is 1.00. The zero-order valence-corrected chi connectivity index (χ0v) is 14.0. The van der Waals surface area contributed by atoms with Gasteiger partial charge in [-0.05, 0) is 37.5 Å². The van der Waals surface area contributed by atoms with E-state index >= 15 is 0 Å².